The van der Waals surface area contributed by atoms with E-state index in [9.17, 15) is 4.79 Å². The second-order valence-electron chi connectivity index (χ2n) is 4.16. The molecule has 1 aromatic heterocycles. The molecule has 0 radical (unpaired) electrons. The molecule has 0 aliphatic heterocycles. The number of hydrogen-bond donors (Lipinski definition) is 2. The molecule has 20 heavy (non-hydrogen) atoms. The minimum Gasteiger partial charge on any atom is -0.384 e. The number of aryl methyl sites for hydroxylation is 1. The van der Waals surface area contributed by atoms with E-state index in [1.165, 1.54) is 11.3 Å². The van der Waals surface area contributed by atoms with Gasteiger partial charge in [-0.05, 0) is 24.6 Å². The summed E-state index contributed by atoms with van der Waals surface area (Å²) in [6, 6.07) is 5.45. The molecule has 2 aromatic rings. The Bertz CT molecular complexity index is 654. The van der Waals surface area contributed by atoms with Crippen molar-refractivity contribution in [1.82, 2.24) is 10.3 Å². The molecule has 0 atom stereocenters. The number of aromatic nitrogens is 1. The summed E-state index contributed by atoms with van der Waals surface area (Å²) in [5, 5.41) is 11.6. The number of nitrogens with zero attached hydrogens (tertiary/aromatic N) is 1. The fraction of sp³-hybridized carbons (Fsp3) is 0.200. The molecule has 1 amide bonds. The van der Waals surface area contributed by atoms with Gasteiger partial charge < -0.3 is 10.4 Å². The second kappa shape index (κ2) is 6.85. The van der Waals surface area contributed by atoms with Gasteiger partial charge in [0, 0.05) is 16.6 Å². The van der Waals surface area contributed by atoms with E-state index < -0.39 is 0 Å². The van der Waals surface area contributed by atoms with E-state index in [2.05, 4.69) is 22.1 Å². The lowest BCUT2D eigenvalue weighted by Gasteiger charge is -2.06. The highest BCUT2D eigenvalue weighted by Crippen LogP contribution is 2.12. The first-order valence-electron chi connectivity index (χ1n) is 6.06. The molecular weight excluding hydrogens is 272 g/mol. The number of carbonyl (C=O) groups excluding carboxylic acids is 1. The first kappa shape index (κ1) is 14.3. The Hall–Kier alpha value is -2.16. The minimum atomic E-state index is -0.226. The Morgan fingerprint density at radius 3 is 3.05 bits per heavy atom. The van der Waals surface area contributed by atoms with Gasteiger partial charge in [0.15, 0.2) is 0 Å². The summed E-state index contributed by atoms with van der Waals surface area (Å²) in [6.07, 6.45) is 1.73. The molecule has 0 saturated carbocycles. The summed E-state index contributed by atoms with van der Waals surface area (Å²) in [5.74, 6) is 5.20. The van der Waals surface area contributed by atoms with Crippen molar-refractivity contribution in [2.45, 2.75) is 13.5 Å². The first-order chi connectivity index (χ1) is 9.70. The van der Waals surface area contributed by atoms with Crippen LogP contribution in [0, 0.1) is 18.8 Å². The largest absolute Gasteiger partial charge is 0.384 e. The van der Waals surface area contributed by atoms with Gasteiger partial charge in [0.25, 0.3) is 5.91 Å². The lowest BCUT2D eigenvalue weighted by Crippen LogP contribution is -2.23. The fourth-order valence-electron chi connectivity index (χ4n) is 1.69. The molecule has 1 heterocycles. The number of amides is 1. The third-order valence-corrected chi connectivity index (χ3v) is 3.41. The van der Waals surface area contributed by atoms with E-state index in [0.717, 1.165) is 10.4 Å². The van der Waals surface area contributed by atoms with Gasteiger partial charge in [-0.15, -0.1) is 11.3 Å². The van der Waals surface area contributed by atoms with Crippen LogP contribution in [0.15, 0.2) is 29.9 Å². The van der Waals surface area contributed by atoms with E-state index in [1.54, 1.807) is 17.8 Å². The van der Waals surface area contributed by atoms with Crippen LogP contribution < -0.4 is 5.32 Å². The predicted octanol–water partition coefficient (Wildman–Crippen LogP) is 1.73. The summed E-state index contributed by atoms with van der Waals surface area (Å²) in [6.45, 7) is 2.16. The molecule has 2 N–H and O–H groups in total. The number of aliphatic hydroxyl groups is 1. The quantitative estimate of drug-likeness (QED) is 0.845. The number of nitrogens with one attached hydrogen (secondary N) is 1. The summed E-state index contributed by atoms with van der Waals surface area (Å²) in [5.41, 5.74) is 3.89. The van der Waals surface area contributed by atoms with Crippen LogP contribution in [0.2, 0.25) is 0 Å². The molecule has 0 saturated heterocycles. The van der Waals surface area contributed by atoms with Gasteiger partial charge in [-0.25, -0.2) is 0 Å². The van der Waals surface area contributed by atoms with Crippen LogP contribution in [0.3, 0.4) is 0 Å². The Labute approximate surface area is 121 Å². The van der Waals surface area contributed by atoms with Gasteiger partial charge in [0.2, 0.25) is 0 Å². The van der Waals surface area contributed by atoms with Crippen molar-refractivity contribution in [2.75, 3.05) is 6.61 Å². The zero-order valence-electron chi connectivity index (χ0n) is 11.0. The van der Waals surface area contributed by atoms with Crippen LogP contribution in [-0.2, 0) is 6.54 Å². The molecule has 0 spiro atoms. The summed E-state index contributed by atoms with van der Waals surface area (Å²) < 4.78 is 0. The van der Waals surface area contributed by atoms with Gasteiger partial charge >= 0.3 is 0 Å². The number of aliphatic hydroxyl groups excluding tert-OH is 1. The number of thiazole rings is 1. The third-order valence-electron chi connectivity index (χ3n) is 2.63. The highest BCUT2D eigenvalue weighted by Gasteiger charge is 2.10. The number of carbonyl (C=O) groups is 1. The van der Waals surface area contributed by atoms with Crippen molar-refractivity contribution < 1.29 is 9.90 Å². The fourth-order valence-corrected chi connectivity index (χ4v) is 2.22. The third kappa shape index (κ3) is 3.67. The molecule has 0 unspecified atom stereocenters. The number of rotatable bonds is 3. The molecule has 5 heteroatoms. The lowest BCUT2D eigenvalue weighted by atomic mass is 10.0. The van der Waals surface area contributed by atoms with Crippen LogP contribution in [0.4, 0.5) is 0 Å². The first-order valence-corrected chi connectivity index (χ1v) is 6.94. The van der Waals surface area contributed by atoms with Crippen LogP contribution in [0.5, 0.6) is 0 Å². The molecular formula is C15H14N2O2S. The van der Waals surface area contributed by atoms with E-state index >= 15 is 0 Å². The van der Waals surface area contributed by atoms with Crippen LogP contribution in [0.25, 0.3) is 0 Å². The number of benzene rings is 1. The van der Waals surface area contributed by atoms with Gasteiger partial charge in [0.05, 0.1) is 17.6 Å². The summed E-state index contributed by atoms with van der Waals surface area (Å²) in [4.78, 5) is 17.1. The Morgan fingerprint density at radius 1 is 1.50 bits per heavy atom. The van der Waals surface area contributed by atoms with Crippen LogP contribution >= 0.6 is 11.3 Å². The zero-order valence-corrected chi connectivity index (χ0v) is 11.8. The standard InChI is InChI=1S/C15H14N2O2S/c1-11-4-5-14(12(7-11)3-2-6-18)15(19)17-9-13-8-16-10-20-13/h4-5,7-8,10,18H,6,9H2,1H3,(H,17,19). The smallest absolute Gasteiger partial charge is 0.252 e. The average molecular weight is 286 g/mol. The van der Waals surface area contributed by atoms with E-state index in [1.807, 2.05) is 19.1 Å². The van der Waals surface area contributed by atoms with Crippen LogP contribution in [0.1, 0.15) is 26.4 Å². The number of hydrogen-bond acceptors (Lipinski definition) is 4. The van der Waals surface area contributed by atoms with E-state index in [0.29, 0.717) is 17.7 Å². The second-order valence-corrected chi connectivity index (χ2v) is 5.13. The van der Waals surface area contributed by atoms with Crippen molar-refractivity contribution >= 4 is 17.2 Å². The Kier molecular flexibility index (Phi) is 4.88. The van der Waals surface area contributed by atoms with Crippen LogP contribution in [-0.4, -0.2) is 22.6 Å². The Balaban J connectivity index is 2.16. The predicted molar refractivity (Wildman–Crippen MR) is 78.4 cm³/mol. The molecule has 102 valence electrons. The van der Waals surface area contributed by atoms with Crippen molar-refractivity contribution in [1.29, 1.82) is 0 Å². The molecule has 0 aliphatic rings. The van der Waals surface area contributed by atoms with Gasteiger partial charge in [0.1, 0.15) is 6.61 Å². The maximum Gasteiger partial charge on any atom is 0.252 e. The summed E-state index contributed by atoms with van der Waals surface area (Å²) >= 11 is 1.49. The van der Waals surface area contributed by atoms with Crippen molar-refractivity contribution in [2.24, 2.45) is 0 Å². The van der Waals surface area contributed by atoms with Crippen molar-refractivity contribution in [3.63, 3.8) is 0 Å². The van der Waals surface area contributed by atoms with E-state index in [-0.39, 0.29) is 12.5 Å². The normalized spacial score (nSPS) is 9.70. The molecule has 4 nitrogen and oxygen atoms in total. The minimum absolute atomic E-state index is 0.180. The molecule has 0 bridgehead atoms. The average Bonchev–Trinajstić information content (AvgIpc) is 2.96. The van der Waals surface area contributed by atoms with Gasteiger partial charge in [-0.1, -0.05) is 17.9 Å². The monoisotopic (exact) mass is 286 g/mol. The SMILES string of the molecule is Cc1ccc(C(=O)NCc2cncs2)c(C#CCO)c1. The summed E-state index contributed by atoms with van der Waals surface area (Å²) in [7, 11) is 0. The van der Waals surface area contributed by atoms with Gasteiger partial charge in [-0.2, -0.15) is 0 Å². The zero-order chi connectivity index (χ0) is 14.4. The van der Waals surface area contributed by atoms with Crippen molar-refractivity contribution in [3.8, 4) is 11.8 Å². The lowest BCUT2D eigenvalue weighted by molar-refractivity contribution is 0.0951. The highest BCUT2D eigenvalue weighted by molar-refractivity contribution is 7.09. The maximum absolute atomic E-state index is 12.2. The maximum atomic E-state index is 12.2. The Morgan fingerprint density at radius 2 is 2.35 bits per heavy atom. The van der Waals surface area contributed by atoms with E-state index in [4.69, 9.17) is 5.11 Å². The topological polar surface area (TPSA) is 62.2 Å². The van der Waals surface area contributed by atoms with Crippen molar-refractivity contribution in [3.05, 3.63) is 51.5 Å². The van der Waals surface area contributed by atoms with Gasteiger partial charge in [-0.3, -0.25) is 9.78 Å². The molecule has 2 rings (SSSR count). The highest BCUT2D eigenvalue weighted by atomic mass is 32.1. The molecule has 0 fully saturated rings. The molecule has 0 aliphatic carbocycles. The molecule has 1 aromatic carbocycles.